The zero-order valence-corrected chi connectivity index (χ0v) is 9.55. The Morgan fingerprint density at radius 2 is 1.93 bits per heavy atom. The molecule has 4 N–H and O–H groups in total. The molecule has 0 saturated carbocycles. The quantitative estimate of drug-likeness (QED) is 0.464. The fourth-order valence-electron chi connectivity index (χ4n) is 1.07. The van der Waals surface area contributed by atoms with E-state index in [0.29, 0.717) is 10.9 Å². The van der Waals surface area contributed by atoms with Crippen molar-refractivity contribution in [1.29, 1.82) is 0 Å². The molecule has 0 aliphatic carbocycles. The van der Waals surface area contributed by atoms with Gasteiger partial charge in [0.05, 0.1) is 5.03 Å². The second-order valence-electron chi connectivity index (χ2n) is 3.08. The standard InChI is InChI=1S/C11H15N3S/c1-3-9-4-6-10(7-5-9)11(13)14-15-8(2)12/h4-7H,2-3,12H2,1H3,(H2,13,14). The van der Waals surface area contributed by atoms with E-state index in [4.69, 9.17) is 11.5 Å². The smallest absolute Gasteiger partial charge is 0.139 e. The van der Waals surface area contributed by atoms with Crippen molar-refractivity contribution < 1.29 is 0 Å². The highest BCUT2D eigenvalue weighted by Gasteiger charge is 1.98. The highest BCUT2D eigenvalue weighted by Crippen LogP contribution is 2.11. The van der Waals surface area contributed by atoms with Crippen molar-refractivity contribution in [1.82, 2.24) is 0 Å². The van der Waals surface area contributed by atoms with Crippen LogP contribution in [0.25, 0.3) is 0 Å². The molecule has 0 spiro atoms. The average Bonchev–Trinajstić information content (AvgIpc) is 2.26. The number of aryl methyl sites for hydroxylation is 1. The maximum Gasteiger partial charge on any atom is 0.139 e. The minimum atomic E-state index is 0.433. The van der Waals surface area contributed by atoms with Gasteiger partial charge in [0.2, 0.25) is 0 Å². The molecule has 0 aromatic heterocycles. The average molecular weight is 221 g/mol. The molecule has 1 aromatic rings. The number of hydrogen-bond acceptors (Lipinski definition) is 3. The van der Waals surface area contributed by atoms with E-state index >= 15 is 0 Å². The van der Waals surface area contributed by atoms with Crippen molar-refractivity contribution in [3.05, 3.63) is 47.0 Å². The molecule has 4 heteroatoms. The lowest BCUT2D eigenvalue weighted by molar-refractivity contribution is 1.14. The highest BCUT2D eigenvalue weighted by molar-refractivity contribution is 8.01. The molecule has 0 atom stereocenters. The van der Waals surface area contributed by atoms with Gasteiger partial charge < -0.3 is 11.5 Å². The van der Waals surface area contributed by atoms with Crippen molar-refractivity contribution in [2.45, 2.75) is 13.3 Å². The van der Waals surface area contributed by atoms with Crippen LogP contribution in [0.4, 0.5) is 0 Å². The van der Waals surface area contributed by atoms with Crippen LogP contribution in [0.3, 0.4) is 0 Å². The van der Waals surface area contributed by atoms with Crippen molar-refractivity contribution >= 4 is 17.8 Å². The molecule has 0 fully saturated rings. The fourth-order valence-corrected chi connectivity index (χ4v) is 1.39. The molecule has 0 saturated heterocycles. The Bertz CT molecular complexity index is 368. The second kappa shape index (κ2) is 5.46. The SMILES string of the molecule is C=C(N)S/N=C(\N)c1ccc(CC)cc1. The van der Waals surface area contributed by atoms with Gasteiger partial charge in [-0.1, -0.05) is 37.8 Å². The van der Waals surface area contributed by atoms with Gasteiger partial charge in [-0.2, -0.15) is 4.40 Å². The molecule has 0 bridgehead atoms. The van der Waals surface area contributed by atoms with Gasteiger partial charge >= 0.3 is 0 Å². The lowest BCUT2D eigenvalue weighted by atomic mass is 10.1. The maximum absolute atomic E-state index is 5.77. The molecule has 15 heavy (non-hydrogen) atoms. The van der Waals surface area contributed by atoms with E-state index in [1.807, 2.05) is 24.3 Å². The maximum atomic E-state index is 5.77. The van der Waals surface area contributed by atoms with Gasteiger partial charge in [-0.3, -0.25) is 0 Å². The summed E-state index contributed by atoms with van der Waals surface area (Å²) in [5.41, 5.74) is 13.3. The molecule has 0 amide bonds. The third kappa shape index (κ3) is 3.67. The van der Waals surface area contributed by atoms with Gasteiger partial charge in [-0.15, -0.1) is 0 Å². The Hall–Kier alpha value is -1.42. The van der Waals surface area contributed by atoms with Crippen LogP contribution in [0.15, 0.2) is 40.3 Å². The minimum absolute atomic E-state index is 0.433. The fraction of sp³-hybridized carbons (Fsp3) is 0.182. The van der Waals surface area contributed by atoms with E-state index in [0.717, 1.165) is 23.9 Å². The summed E-state index contributed by atoms with van der Waals surface area (Å²) in [7, 11) is 0. The summed E-state index contributed by atoms with van der Waals surface area (Å²) in [4.78, 5) is 0. The zero-order valence-electron chi connectivity index (χ0n) is 8.73. The summed E-state index contributed by atoms with van der Waals surface area (Å²) < 4.78 is 4.04. The minimum Gasteiger partial charge on any atom is -0.393 e. The first-order valence-corrected chi connectivity index (χ1v) is 5.45. The van der Waals surface area contributed by atoms with Gasteiger partial charge in [0, 0.05) is 17.5 Å². The summed E-state index contributed by atoms with van der Waals surface area (Å²) in [6, 6.07) is 7.99. The first-order chi connectivity index (χ1) is 7.13. The molecule has 80 valence electrons. The van der Waals surface area contributed by atoms with Crippen LogP contribution in [0, 0.1) is 0 Å². The predicted octanol–water partition coefficient (Wildman–Crippen LogP) is 2.03. The largest absolute Gasteiger partial charge is 0.393 e. The lowest BCUT2D eigenvalue weighted by Crippen LogP contribution is -2.12. The Kier molecular flexibility index (Phi) is 4.24. The molecule has 1 rings (SSSR count). The summed E-state index contributed by atoms with van der Waals surface area (Å²) in [5.74, 6) is 0.467. The number of amidine groups is 1. The Balaban J connectivity index is 2.77. The Labute approximate surface area is 94.4 Å². The van der Waals surface area contributed by atoms with Crippen LogP contribution in [0.5, 0.6) is 0 Å². The van der Waals surface area contributed by atoms with Gasteiger partial charge in [-0.25, -0.2) is 0 Å². The predicted molar refractivity (Wildman–Crippen MR) is 67.5 cm³/mol. The molecule has 0 heterocycles. The summed E-state index contributed by atoms with van der Waals surface area (Å²) in [5, 5.41) is 0.433. The normalized spacial score (nSPS) is 11.4. The first-order valence-electron chi connectivity index (χ1n) is 4.67. The van der Waals surface area contributed by atoms with E-state index in [1.54, 1.807) is 0 Å². The summed E-state index contributed by atoms with van der Waals surface area (Å²) >= 11 is 1.09. The van der Waals surface area contributed by atoms with Crippen molar-refractivity contribution in [3.8, 4) is 0 Å². The second-order valence-corrected chi connectivity index (χ2v) is 3.97. The molecule has 0 radical (unpaired) electrons. The third-order valence-electron chi connectivity index (χ3n) is 1.92. The van der Waals surface area contributed by atoms with Crippen LogP contribution >= 0.6 is 11.9 Å². The van der Waals surface area contributed by atoms with E-state index in [9.17, 15) is 0 Å². The number of rotatable bonds is 4. The van der Waals surface area contributed by atoms with Gasteiger partial charge in [0.1, 0.15) is 5.84 Å². The van der Waals surface area contributed by atoms with Crippen molar-refractivity contribution in [3.63, 3.8) is 0 Å². The van der Waals surface area contributed by atoms with E-state index in [-0.39, 0.29) is 0 Å². The highest BCUT2D eigenvalue weighted by atomic mass is 32.2. The monoisotopic (exact) mass is 221 g/mol. The number of nitrogens with two attached hydrogens (primary N) is 2. The zero-order chi connectivity index (χ0) is 11.3. The molecule has 0 aliphatic heterocycles. The van der Waals surface area contributed by atoms with Crippen LogP contribution < -0.4 is 11.5 Å². The molecular formula is C11H15N3S. The Morgan fingerprint density at radius 3 is 2.40 bits per heavy atom. The third-order valence-corrected chi connectivity index (χ3v) is 2.44. The van der Waals surface area contributed by atoms with E-state index < -0.39 is 0 Å². The van der Waals surface area contributed by atoms with Crippen LogP contribution in [0.2, 0.25) is 0 Å². The van der Waals surface area contributed by atoms with Crippen LogP contribution in [0.1, 0.15) is 18.1 Å². The van der Waals surface area contributed by atoms with E-state index in [1.165, 1.54) is 5.56 Å². The summed E-state index contributed by atoms with van der Waals surface area (Å²) in [6.07, 6.45) is 1.02. The molecule has 1 aromatic carbocycles. The van der Waals surface area contributed by atoms with Crippen molar-refractivity contribution in [2.75, 3.05) is 0 Å². The lowest BCUT2D eigenvalue weighted by Gasteiger charge is -2.01. The molecular weight excluding hydrogens is 206 g/mol. The van der Waals surface area contributed by atoms with Crippen molar-refractivity contribution in [2.24, 2.45) is 15.9 Å². The molecule has 0 unspecified atom stereocenters. The Morgan fingerprint density at radius 1 is 1.33 bits per heavy atom. The van der Waals surface area contributed by atoms with Gasteiger partial charge in [0.15, 0.2) is 0 Å². The van der Waals surface area contributed by atoms with Crippen LogP contribution in [-0.4, -0.2) is 5.84 Å². The van der Waals surface area contributed by atoms with Gasteiger partial charge in [-0.05, 0) is 12.0 Å². The number of benzene rings is 1. The molecule has 0 aliphatic rings. The summed E-state index contributed by atoms with van der Waals surface area (Å²) in [6.45, 7) is 5.64. The topological polar surface area (TPSA) is 64.4 Å². The number of hydrogen-bond donors (Lipinski definition) is 2. The van der Waals surface area contributed by atoms with Gasteiger partial charge in [0.25, 0.3) is 0 Å². The number of nitrogens with zero attached hydrogens (tertiary/aromatic N) is 1. The first kappa shape index (κ1) is 11.7. The molecule has 3 nitrogen and oxygen atoms in total. The van der Waals surface area contributed by atoms with Crippen LogP contribution in [-0.2, 0) is 6.42 Å². The van der Waals surface area contributed by atoms with E-state index in [2.05, 4.69) is 17.9 Å².